The largest absolute Gasteiger partial charge is 0.416 e. The van der Waals surface area contributed by atoms with Gasteiger partial charge in [-0.15, -0.1) is 0 Å². The number of carbonyl (C=O) groups is 1. The summed E-state index contributed by atoms with van der Waals surface area (Å²) >= 11 is 0. The lowest BCUT2D eigenvalue weighted by atomic mass is 10.1. The van der Waals surface area contributed by atoms with Gasteiger partial charge in [-0.3, -0.25) is 4.79 Å². The van der Waals surface area contributed by atoms with Crippen LogP contribution in [0.2, 0.25) is 0 Å². The molecule has 0 radical (unpaired) electrons. The third kappa shape index (κ3) is 3.74. The van der Waals surface area contributed by atoms with Gasteiger partial charge in [0, 0.05) is 20.1 Å². The van der Waals surface area contributed by atoms with E-state index in [2.05, 4.69) is 5.32 Å². The van der Waals surface area contributed by atoms with Crippen LogP contribution in [0.3, 0.4) is 0 Å². The fourth-order valence-corrected chi connectivity index (χ4v) is 2.44. The number of hydrogen-bond donors (Lipinski definition) is 2. The second-order valence-corrected chi connectivity index (χ2v) is 5.20. The maximum absolute atomic E-state index is 12.9. The molecule has 0 aromatic heterocycles. The summed E-state index contributed by atoms with van der Waals surface area (Å²) < 4.78 is 38.7. The van der Waals surface area contributed by atoms with Crippen molar-refractivity contribution in [1.82, 2.24) is 10.2 Å². The molecule has 1 amide bonds. The number of alkyl halides is 3. The van der Waals surface area contributed by atoms with Crippen LogP contribution >= 0.6 is 0 Å². The van der Waals surface area contributed by atoms with Gasteiger partial charge in [-0.25, -0.2) is 0 Å². The highest BCUT2D eigenvalue weighted by Crippen LogP contribution is 2.32. The zero-order valence-electron chi connectivity index (χ0n) is 11.5. The summed E-state index contributed by atoms with van der Waals surface area (Å²) in [5.74, 6) is -0.316. The van der Waals surface area contributed by atoms with Gasteiger partial charge in [0.05, 0.1) is 17.7 Å². The number of nitrogens with zero attached hydrogens (tertiary/aromatic N) is 1. The molecule has 0 spiro atoms. The van der Waals surface area contributed by atoms with E-state index >= 15 is 0 Å². The molecule has 2 N–H and O–H groups in total. The monoisotopic (exact) mass is 302 g/mol. The molecule has 0 bridgehead atoms. The Balaban J connectivity index is 2.09. The van der Waals surface area contributed by atoms with Crippen LogP contribution in [0.4, 0.5) is 13.2 Å². The number of aliphatic hydroxyl groups is 1. The van der Waals surface area contributed by atoms with Gasteiger partial charge >= 0.3 is 6.18 Å². The molecule has 2 rings (SSSR count). The number of amides is 1. The van der Waals surface area contributed by atoms with E-state index in [-0.39, 0.29) is 24.4 Å². The number of rotatable bonds is 3. The molecule has 1 aliphatic rings. The number of aliphatic hydroxyl groups excluding tert-OH is 1. The Morgan fingerprint density at radius 3 is 2.67 bits per heavy atom. The van der Waals surface area contributed by atoms with Crippen molar-refractivity contribution in [3.63, 3.8) is 0 Å². The van der Waals surface area contributed by atoms with Crippen LogP contribution in [0.15, 0.2) is 24.3 Å². The minimum absolute atomic E-state index is 0.0550. The van der Waals surface area contributed by atoms with E-state index in [4.69, 9.17) is 0 Å². The Morgan fingerprint density at radius 1 is 1.43 bits per heavy atom. The summed E-state index contributed by atoms with van der Waals surface area (Å²) in [4.78, 5) is 13.4. The fraction of sp³-hybridized carbons (Fsp3) is 0.500. The fourth-order valence-electron chi connectivity index (χ4n) is 2.44. The highest BCUT2D eigenvalue weighted by atomic mass is 19.4. The van der Waals surface area contributed by atoms with Gasteiger partial charge < -0.3 is 15.3 Å². The van der Waals surface area contributed by atoms with Crippen molar-refractivity contribution in [2.75, 3.05) is 13.6 Å². The molecule has 1 saturated heterocycles. The third-order valence-corrected chi connectivity index (χ3v) is 3.51. The van der Waals surface area contributed by atoms with E-state index in [9.17, 15) is 23.1 Å². The zero-order chi connectivity index (χ0) is 15.6. The Bertz CT molecular complexity index is 519. The van der Waals surface area contributed by atoms with Gasteiger partial charge in [-0.2, -0.15) is 13.2 Å². The van der Waals surface area contributed by atoms with Crippen molar-refractivity contribution < 1.29 is 23.1 Å². The first-order valence-corrected chi connectivity index (χ1v) is 6.60. The molecule has 21 heavy (non-hydrogen) atoms. The Morgan fingerprint density at radius 2 is 2.10 bits per heavy atom. The molecule has 1 aliphatic heterocycles. The molecule has 0 unspecified atom stereocenters. The van der Waals surface area contributed by atoms with Crippen LogP contribution in [0.1, 0.15) is 17.5 Å². The molecule has 0 aliphatic carbocycles. The number of nitrogens with one attached hydrogen (secondary N) is 1. The molecule has 7 heteroatoms. The quantitative estimate of drug-likeness (QED) is 0.887. The molecular weight excluding hydrogens is 285 g/mol. The molecule has 1 heterocycles. The molecule has 116 valence electrons. The first-order valence-electron chi connectivity index (χ1n) is 6.60. The van der Waals surface area contributed by atoms with Gasteiger partial charge in [0.15, 0.2) is 0 Å². The summed E-state index contributed by atoms with van der Waals surface area (Å²) in [5.41, 5.74) is -0.677. The smallest absolute Gasteiger partial charge is 0.392 e. The van der Waals surface area contributed by atoms with Gasteiger partial charge in [0.1, 0.15) is 0 Å². The van der Waals surface area contributed by atoms with Crippen LogP contribution in [0.25, 0.3) is 0 Å². The number of likely N-dealkylation sites (N-methyl/N-ethyl adjacent to an activating group) is 1. The van der Waals surface area contributed by atoms with Crippen molar-refractivity contribution in [2.24, 2.45) is 0 Å². The van der Waals surface area contributed by atoms with E-state index in [1.807, 2.05) is 0 Å². The van der Waals surface area contributed by atoms with E-state index in [1.165, 1.54) is 30.1 Å². The van der Waals surface area contributed by atoms with Crippen LogP contribution in [0.5, 0.6) is 0 Å². The van der Waals surface area contributed by atoms with Crippen LogP contribution in [-0.2, 0) is 17.5 Å². The molecule has 1 fully saturated rings. The first kappa shape index (κ1) is 15.8. The summed E-state index contributed by atoms with van der Waals surface area (Å²) in [5, 5.41) is 12.2. The van der Waals surface area contributed by atoms with Crippen molar-refractivity contribution in [2.45, 2.75) is 31.3 Å². The summed E-state index contributed by atoms with van der Waals surface area (Å²) in [6, 6.07) is 4.67. The highest BCUT2D eigenvalue weighted by Gasteiger charge is 2.34. The van der Waals surface area contributed by atoms with E-state index in [0.29, 0.717) is 6.54 Å². The Hall–Kier alpha value is -1.60. The van der Waals surface area contributed by atoms with Crippen molar-refractivity contribution in [3.8, 4) is 0 Å². The van der Waals surface area contributed by atoms with Gasteiger partial charge in [0.25, 0.3) is 0 Å². The van der Waals surface area contributed by atoms with Crippen molar-refractivity contribution in [3.05, 3.63) is 35.4 Å². The minimum Gasteiger partial charge on any atom is -0.392 e. The predicted octanol–water partition coefficient (Wildman–Crippen LogP) is 1.39. The second kappa shape index (κ2) is 6.03. The Labute approximate surface area is 120 Å². The molecule has 0 saturated carbocycles. The standard InChI is InChI=1S/C14H17F3N2O2/c1-19(13(21)12-6-10(20)7-18-12)8-9-4-2-3-5-11(9)14(15,16)17/h2-5,10,12,18,20H,6-8H2,1H3/t10-,12+/m1/s1. The van der Waals surface area contributed by atoms with Crippen LogP contribution in [0, 0.1) is 0 Å². The SMILES string of the molecule is CN(Cc1ccccc1C(F)(F)F)C(=O)[C@@H]1C[C@@H](O)CN1. The highest BCUT2D eigenvalue weighted by molar-refractivity contribution is 5.82. The zero-order valence-corrected chi connectivity index (χ0v) is 11.5. The summed E-state index contributed by atoms with van der Waals surface area (Å²) in [6.45, 7) is 0.201. The maximum Gasteiger partial charge on any atom is 0.416 e. The lowest BCUT2D eigenvalue weighted by Crippen LogP contribution is -2.41. The summed E-state index contributed by atoms with van der Waals surface area (Å²) in [7, 11) is 1.46. The topological polar surface area (TPSA) is 52.6 Å². The molecular formula is C14H17F3N2O2. The molecule has 4 nitrogen and oxygen atoms in total. The lowest BCUT2D eigenvalue weighted by molar-refractivity contribution is -0.139. The lowest BCUT2D eigenvalue weighted by Gasteiger charge is -2.23. The Kier molecular flexibility index (Phi) is 4.53. The van der Waals surface area contributed by atoms with Crippen LogP contribution < -0.4 is 5.32 Å². The molecule has 1 aromatic rings. The van der Waals surface area contributed by atoms with Crippen molar-refractivity contribution >= 4 is 5.91 Å². The number of hydrogen-bond acceptors (Lipinski definition) is 3. The third-order valence-electron chi connectivity index (χ3n) is 3.51. The van der Waals surface area contributed by atoms with E-state index in [1.54, 1.807) is 0 Å². The van der Waals surface area contributed by atoms with Gasteiger partial charge in [0.2, 0.25) is 5.91 Å². The normalized spacial score (nSPS) is 22.3. The maximum atomic E-state index is 12.9. The molecule has 1 aromatic carbocycles. The van der Waals surface area contributed by atoms with Gasteiger partial charge in [-0.05, 0) is 18.1 Å². The number of carbonyl (C=O) groups excluding carboxylic acids is 1. The number of halogens is 3. The average molecular weight is 302 g/mol. The van der Waals surface area contributed by atoms with Crippen molar-refractivity contribution in [1.29, 1.82) is 0 Å². The average Bonchev–Trinajstić information content (AvgIpc) is 2.84. The number of benzene rings is 1. The molecule has 2 atom stereocenters. The van der Waals surface area contributed by atoms with Gasteiger partial charge in [-0.1, -0.05) is 18.2 Å². The predicted molar refractivity (Wildman–Crippen MR) is 70.3 cm³/mol. The minimum atomic E-state index is -4.44. The van der Waals surface area contributed by atoms with E-state index in [0.717, 1.165) is 6.07 Å². The second-order valence-electron chi connectivity index (χ2n) is 5.20. The van der Waals surface area contributed by atoms with Crippen LogP contribution in [-0.4, -0.2) is 41.7 Å². The first-order chi connectivity index (χ1) is 9.79. The number of β-amino-alcohol motifs (C(OH)–C–C–N with tert-alkyl or cyclic N) is 1. The summed E-state index contributed by atoms with van der Waals surface area (Å²) in [6.07, 6.45) is -4.75. The van der Waals surface area contributed by atoms with E-state index < -0.39 is 23.9 Å².